The molecule has 0 aromatic heterocycles. The third-order valence-electron chi connectivity index (χ3n) is 3.23. The number of esters is 1. The molecule has 0 spiro atoms. The molecule has 0 aromatic carbocycles. The first kappa shape index (κ1) is 14.7. The molecule has 0 radical (unpaired) electrons. The highest BCUT2D eigenvalue weighted by Crippen LogP contribution is 2.24. The van der Waals surface area contributed by atoms with E-state index in [0.717, 1.165) is 50.0 Å². The zero-order valence-electron chi connectivity index (χ0n) is 12.0. The molecule has 110 valence electrons. The van der Waals surface area contributed by atoms with Crippen molar-refractivity contribution in [1.82, 2.24) is 0 Å². The molecule has 0 atom stereocenters. The van der Waals surface area contributed by atoms with Crippen molar-refractivity contribution in [3.05, 3.63) is 35.8 Å². The molecular formula is C16H22O4. The highest BCUT2D eigenvalue weighted by atomic mass is 16.7. The summed E-state index contributed by atoms with van der Waals surface area (Å²) in [5.41, 5.74) is 0. The summed E-state index contributed by atoms with van der Waals surface area (Å²) in [5, 5.41) is 0. The molecule has 0 unspecified atom stereocenters. The monoisotopic (exact) mass is 278 g/mol. The van der Waals surface area contributed by atoms with E-state index in [1.54, 1.807) is 13.0 Å². The van der Waals surface area contributed by atoms with Gasteiger partial charge in [-0.25, -0.2) is 4.79 Å². The van der Waals surface area contributed by atoms with E-state index in [9.17, 15) is 4.79 Å². The van der Waals surface area contributed by atoms with E-state index >= 15 is 0 Å². The van der Waals surface area contributed by atoms with Crippen molar-refractivity contribution in [2.24, 2.45) is 0 Å². The van der Waals surface area contributed by atoms with E-state index in [4.69, 9.17) is 14.2 Å². The van der Waals surface area contributed by atoms with Gasteiger partial charge in [-0.2, -0.15) is 0 Å². The van der Waals surface area contributed by atoms with Gasteiger partial charge in [0.2, 0.25) is 0 Å². The third-order valence-corrected chi connectivity index (χ3v) is 3.23. The van der Waals surface area contributed by atoms with Crippen LogP contribution in [0.1, 0.15) is 45.4 Å². The topological polar surface area (TPSA) is 44.8 Å². The maximum absolute atomic E-state index is 11.4. The Balaban J connectivity index is 1.86. The van der Waals surface area contributed by atoms with Gasteiger partial charge in [0.15, 0.2) is 6.61 Å². The second-order valence-electron chi connectivity index (χ2n) is 4.92. The number of carbonyl (C=O) groups excluding carboxylic acids is 1. The second kappa shape index (κ2) is 7.78. The van der Waals surface area contributed by atoms with Gasteiger partial charge in [0.05, 0.1) is 11.5 Å². The molecule has 2 rings (SSSR count). The van der Waals surface area contributed by atoms with Crippen LogP contribution < -0.4 is 0 Å². The predicted molar refractivity (Wildman–Crippen MR) is 75.6 cm³/mol. The molecular weight excluding hydrogens is 256 g/mol. The smallest absolute Gasteiger partial charge is 0.330 e. The van der Waals surface area contributed by atoms with Crippen molar-refractivity contribution in [3.8, 4) is 0 Å². The van der Waals surface area contributed by atoms with Crippen molar-refractivity contribution in [2.75, 3.05) is 6.61 Å². The SMILES string of the molecule is C/C=C/C(=O)OCC(OC1=CCCC1)OC1=CCCC1. The van der Waals surface area contributed by atoms with E-state index in [1.165, 1.54) is 6.08 Å². The zero-order chi connectivity index (χ0) is 14.2. The average Bonchev–Trinajstić information content (AvgIpc) is 3.10. The minimum atomic E-state index is -0.544. The van der Waals surface area contributed by atoms with Crippen LogP contribution in [0.4, 0.5) is 0 Å². The molecule has 4 heteroatoms. The van der Waals surface area contributed by atoms with Crippen LogP contribution in [0.5, 0.6) is 0 Å². The van der Waals surface area contributed by atoms with Crippen LogP contribution in [0, 0.1) is 0 Å². The molecule has 0 saturated carbocycles. The lowest BCUT2D eigenvalue weighted by Crippen LogP contribution is -2.24. The Hall–Kier alpha value is -1.71. The minimum absolute atomic E-state index is 0.109. The van der Waals surface area contributed by atoms with E-state index in [1.807, 2.05) is 0 Å². The van der Waals surface area contributed by atoms with Gasteiger partial charge in [0.1, 0.15) is 0 Å². The van der Waals surface area contributed by atoms with Gasteiger partial charge in [-0.05, 0) is 44.8 Å². The van der Waals surface area contributed by atoms with Gasteiger partial charge < -0.3 is 14.2 Å². The van der Waals surface area contributed by atoms with Crippen LogP contribution in [0.25, 0.3) is 0 Å². The Morgan fingerprint density at radius 2 is 1.80 bits per heavy atom. The van der Waals surface area contributed by atoms with Crippen molar-refractivity contribution < 1.29 is 19.0 Å². The Morgan fingerprint density at radius 1 is 1.20 bits per heavy atom. The van der Waals surface area contributed by atoms with Gasteiger partial charge in [-0.1, -0.05) is 6.08 Å². The van der Waals surface area contributed by atoms with E-state index in [0.29, 0.717) is 0 Å². The number of ether oxygens (including phenoxy) is 3. The number of hydrogen-bond donors (Lipinski definition) is 0. The first-order valence-electron chi connectivity index (χ1n) is 7.29. The zero-order valence-corrected chi connectivity index (χ0v) is 12.0. The average molecular weight is 278 g/mol. The summed E-state index contributed by atoms with van der Waals surface area (Å²) in [5.74, 6) is 1.51. The van der Waals surface area contributed by atoms with Crippen LogP contribution >= 0.6 is 0 Å². The highest BCUT2D eigenvalue weighted by Gasteiger charge is 2.19. The molecule has 0 bridgehead atoms. The van der Waals surface area contributed by atoms with E-state index in [2.05, 4.69) is 12.2 Å². The molecule has 0 aromatic rings. The molecule has 0 amide bonds. The van der Waals surface area contributed by atoms with Gasteiger partial charge in [0.25, 0.3) is 6.29 Å². The summed E-state index contributed by atoms with van der Waals surface area (Å²) in [6.07, 6.45) is 12.8. The summed E-state index contributed by atoms with van der Waals surface area (Å²) in [4.78, 5) is 11.4. The van der Waals surface area contributed by atoms with Gasteiger partial charge in [-0.15, -0.1) is 0 Å². The predicted octanol–water partition coefficient (Wildman–Crippen LogP) is 3.60. The number of allylic oxidation sites excluding steroid dienone is 5. The maximum Gasteiger partial charge on any atom is 0.330 e. The van der Waals surface area contributed by atoms with Crippen LogP contribution in [0.2, 0.25) is 0 Å². The molecule has 0 saturated heterocycles. The molecule has 0 heterocycles. The molecule has 20 heavy (non-hydrogen) atoms. The van der Waals surface area contributed by atoms with Gasteiger partial charge in [-0.3, -0.25) is 0 Å². The van der Waals surface area contributed by atoms with Crippen molar-refractivity contribution in [2.45, 2.75) is 51.7 Å². The van der Waals surface area contributed by atoms with Crippen LogP contribution in [0.15, 0.2) is 35.8 Å². The molecule has 0 aliphatic heterocycles. The Morgan fingerprint density at radius 3 is 2.25 bits per heavy atom. The number of rotatable bonds is 7. The lowest BCUT2D eigenvalue weighted by molar-refractivity contribution is -0.158. The molecule has 2 aliphatic carbocycles. The fraction of sp³-hybridized carbons (Fsp3) is 0.562. The summed E-state index contributed by atoms with van der Waals surface area (Å²) in [7, 11) is 0. The third kappa shape index (κ3) is 4.76. The molecule has 4 nitrogen and oxygen atoms in total. The largest absolute Gasteiger partial charge is 0.456 e. The lowest BCUT2D eigenvalue weighted by Gasteiger charge is -2.21. The van der Waals surface area contributed by atoms with Crippen LogP contribution in [-0.2, 0) is 19.0 Å². The van der Waals surface area contributed by atoms with Crippen molar-refractivity contribution in [1.29, 1.82) is 0 Å². The normalized spacial score (nSPS) is 18.3. The Bertz CT molecular complexity index is 394. The first-order valence-corrected chi connectivity index (χ1v) is 7.29. The number of hydrogen-bond acceptors (Lipinski definition) is 4. The Labute approximate surface area is 120 Å². The van der Waals surface area contributed by atoms with Crippen molar-refractivity contribution >= 4 is 5.97 Å². The van der Waals surface area contributed by atoms with Crippen LogP contribution in [0.3, 0.4) is 0 Å². The van der Waals surface area contributed by atoms with E-state index in [-0.39, 0.29) is 12.6 Å². The fourth-order valence-corrected chi connectivity index (χ4v) is 2.26. The summed E-state index contributed by atoms with van der Waals surface area (Å²) in [6, 6.07) is 0. The lowest BCUT2D eigenvalue weighted by atomic mass is 10.3. The highest BCUT2D eigenvalue weighted by molar-refractivity contribution is 5.81. The van der Waals surface area contributed by atoms with Crippen LogP contribution in [-0.4, -0.2) is 18.9 Å². The molecule has 0 N–H and O–H groups in total. The summed E-state index contributed by atoms with van der Waals surface area (Å²) in [6.45, 7) is 1.89. The Kier molecular flexibility index (Phi) is 5.71. The van der Waals surface area contributed by atoms with Crippen molar-refractivity contribution in [3.63, 3.8) is 0 Å². The second-order valence-corrected chi connectivity index (χ2v) is 4.92. The summed E-state index contributed by atoms with van der Waals surface area (Å²) >= 11 is 0. The van der Waals surface area contributed by atoms with Gasteiger partial charge >= 0.3 is 5.97 Å². The fourth-order valence-electron chi connectivity index (χ4n) is 2.26. The van der Waals surface area contributed by atoms with Gasteiger partial charge in [0, 0.05) is 18.9 Å². The first-order chi connectivity index (χ1) is 9.78. The standard InChI is InChI=1S/C16H22O4/c1-2-7-15(17)18-12-16(19-13-8-3-4-9-13)20-14-10-5-6-11-14/h2,7-8,10,16H,3-6,9,11-12H2,1H3/b7-2+. The number of carbonyl (C=O) groups is 1. The quantitative estimate of drug-likeness (QED) is 0.405. The summed E-state index contributed by atoms with van der Waals surface area (Å²) < 4.78 is 16.7. The molecule has 2 aliphatic rings. The maximum atomic E-state index is 11.4. The van der Waals surface area contributed by atoms with E-state index < -0.39 is 6.29 Å². The minimum Gasteiger partial charge on any atom is -0.456 e. The molecule has 0 fully saturated rings.